The molecule has 4 nitrogen and oxygen atoms in total. The van der Waals surface area contributed by atoms with Crippen molar-refractivity contribution < 1.29 is 0 Å². The van der Waals surface area contributed by atoms with Gasteiger partial charge in [0, 0.05) is 24.0 Å². The summed E-state index contributed by atoms with van der Waals surface area (Å²) in [6, 6.07) is 10.3. The summed E-state index contributed by atoms with van der Waals surface area (Å²) in [5.74, 6) is 1.52. The van der Waals surface area contributed by atoms with Gasteiger partial charge in [-0.25, -0.2) is 4.98 Å². The van der Waals surface area contributed by atoms with Crippen molar-refractivity contribution in [2.45, 2.75) is 52.9 Å². The average molecular weight is 312 g/mol. The van der Waals surface area contributed by atoms with Crippen LogP contribution in [0.25, 0.3) is 0 Å². The van der Waals surface area contributed by atoms with Crippen molar-refractivity contribution in [3.63, 3.8) is 0 Å². The first-order valence-electron chi connectivity index (χ1n) is 8.36. The number of rotatable bonds is 6. The Morgan fingerprint density at radius 3 is 2.52 bits per heavy atom. The van der Waals surface area contributed by atoms with Crippen molar-refractivity contribution in [1.29, 1.82) is 0 Å². The first-order valence-corrected chi connectivity index (χ1v) is 8.36. The monoisotopic (exact) mass is 312 g/mol. The molecule has 0 aliphatic heterocycles. The number of nitrogens with zero attached hydrogens (tertiary/aromatic N) is 2. The fourth-order valence-electron chi connectivity index (χ4n) is 2.47. The van der Waals surface area contributed by atoms with Gasteiger partial charge in [-0.2, -0.15) is 4.98 Å². The molecule has 0 radical (unpaired) electrons. The summed E-state index contributed by atoms with van der Waals surface area (Å²) in [6.45, 7) is 11.7. The van der Waals surface area contributed by atoms with Gasteiger partial charge in [0.05, 0.1) is 0 Å². The van der Waals surface area contributed by atoms with Crippen molar-refractivity contribution in [3.8, 4) is 0 Å². The lowest BCUT2D eigenvalue weighted by molar-refractivity contribution is 0.592. The van der Waals surface area contributed by atoms with Crippen LogP contribution in [0.15, 0.2) is 30.3 Å². The number of anilines is 3. The van der Waals surface area contributed by atoms with Crippen molar-refractivity contribution in [2.24, 2.45) is 0 Å². The van der Waals surface area contributed by atoms with Crippen LogP contribution in [-0.4, -0.2) is 16.5 Å². The Bertz CT molecular complexity index is 644. The second-order valence-corrected chi connectivity index (χ2v) is 6.92. The molecular weight excluding hydrogens is 284 g/mol. The van der Waals surface area contributed by atoms with E-state index in [0.29, 0.717) is 5.95 Å². The van der Waals surface area contributed by atoms with Crippen LogP contribution in [0.4, 0.5) is 17.5 Å². The third-order valence-electron chi connectivity index (χ3n) is 3.67. The lowest BCUT2D eigenvalue weighted by Crippen LogP contribution is -2.14. The van der Waals surface area contributed by atoms with E-state index in [1.165, 1.54) is 12.0 Å². The van der Waals surface area contributed by atoms with Crippen molar-refractivity contribution in [3.05, 3.63) is 41.6 Å². The van der Waals surface area contributed by atoms with Gasteiger partial charge in [0.15, 0.2) is 0 Å². The van der Waals surface area contributed by atoms with E-state index in [1.54, 1.807) is 0 Å². The Labute approximate surface area is 139 Å². The van der Waals surface area contributed by atoms with E-state index in [2.05, 4.69) is 66.5 Å². The molecule has 0 fully saturated rings. The van der Waals surface area contributed by atoms with E-state index in [1.807, 2.05) is 19.1 Å². The largest absolute Gasteiger partial charge is 0.370 e. The minimum absolute atomic E-state index is 0.0651. The number of benzene rings is 1. The van der Waals surface area contributed by atoms with Crippen LogP contribution < -0.4 is 10.6 Å². The maximum Gasteiger partial charge on any atom is 0.229 e. The molecule has 23 heavy (non-hydrogen) atoms. The quantitative estimate of drug-likeness (QED) is 0.734. The lowest BCUT2D eigenvalue weighted by atomic mass is 9.86. The van der Waals surface area contributed by atoms with Gasteiger partial charge < -0.3 is 10.6 Å². The maximum atomic E-state index is 4.59. The summed E-state index contributed by atoms with van der Waals surface area (Å²) in [5, 5.41) is 6.75. The molecule has 1 aromatic heterocycles. The third kappa shape index (κ3) is 4.95. The predicted octanol–water partition coefficient (Wildman–Crippen LogP) is 5.04. The summed E-state index contributed by atoms with van der Waals surface area (Å²) >= 11 is 0. The van der Waals surface area contributed by atoms with Crippen LogP contribution in [0.3, 0.4) is 0 Å². The summed E-state index contributed by atoms with van der Waals surface area (Å²) in [6.07, 6.45) is 2.31. The topological polar surface area (TPSA) is 49.8 Å². The second-order valence-electron chi connectivity index (χ2n) is 6.92. The summed E-state index contributed by atoms with van der Waals surface area (Å²) in [4.78, 5) is 9.11. The number of hydrogen-bond donors (Lipinski definition) is 2. The molecule has 0 saturated heterocycles. The van der Waals surface area contributed by atoms with Gasteiger partial charge in [-0.05, 0) is 30.4 Å². The highest BCUT2D eigenvalue weighted by molar-refractivity contribution is 5.61. The van der Waals surface area contributed by atoms with Gasteiger partial charge in [-0.1, -0.05) is 52.3 Å². The number of para-hydroxylation sites is 1. The van der Waals surface area contributed by atoms with Crippen LogP contribution in [-0.2, 0) is 5.41 Å². The highest BCUT2D eigenvalue weighted by Crippen LogP contribution is 2.30. The number of aryl methyl sites for hydroxylation is 1. The number of unbranched alkanes of at least 4 members (excludes halogenated alkanes) is 1. The zero-order valence-electron chi connectivity index (χ0n) is 14.9. The first-order chi connectivity index (χ1) is 10.9. The molecule has 4 heteroatoms. The Morgan fingerprint density at radius 1 is 1.09 bits per heavy atom. The molecule has 2 N–H and O–H groups in total. The number of nitrogens with one attached hydrogen (secondary N) is 2. The summed E-state index contributed by atoms with van der Waals surface area (Å²) in [7, 11) is 0. The van der Waals surface area contributed by atoms with Crippen molar-refractivity contribution in [1.82, 2.24) is 9.97 Å². The van der Waals surface area contributed by atoms with Gasteiger partial charge in [0.25, 0.3) is 0 Å². The van der Waals surface area contributed by atoms with Gasteiger partial charge in [-0.15, -0.1) is 0 Å². The van der Waals surface area contributed by atoms with Crippen LogP contribution in [0.2, 0.25) is 0 Å². The first kappa shape index (κ1) is 17.3. The summed E-state index contributed by atoms with van der Waals surface area (Å²) < 4.78 is 0. The molecule has 124 valence electrons. The molecule has 0 saturated carbocycles. The second kappa shape index (κ2) is 7.44. The van der Waals surface area contributed by atoms with E-state index >= 15 is 0 Å². The highest BCUT2D eigenvalue weighted by Gasteiger charge is 2.18. The molecule has 0 aliphatic rings. The Kier molecular flexibility index (Phi) is 5.59. The average Bonchev–Trinajstić information content (AvgIpc) is 2.46. The molecule has 0 unspecified atom stereocenters. The molecule has 2 aromatic rings. The zero-order chi connectivity index (χ0) is 16.9. The number of aromatic nitrogens is 2. The normalized spacial score (nSPS) is 11.3. The predicted molar refractivity (Wildman–Crippen MR) is 98.6 cm³/mol. The maximum absolute atomic E-state index is 4.59. The van der Waals surface area contributed by atoms with Crippen LogP contribution in [0.1, 0.15) is 51.8 Å². The Morgan fingerprint density at radius 2 is 1.83 bits per heavy atom. The molecule has 0 spiro atoms. The number of hydrogen-bond acceptors (Lipinski definition) is 4. The molecule has 0 bridgehead atoms. The van der Waals surface area contributed by atoms with E-state index < -0.39 is 0 Å². The van der Waals surface area contributed by atoms with E-state index in [0.717, 1.165) is 30.2 Å². The third-order valence-corrected chi connectivity index (χ3v) is 3.67. The fraction of sp³-hybridized carbons (Fsp3) is 0.474. The van der Waals surface area contributed by atoms with E-state index in [4.69, 9.17) is 0 Å². The minimum atomic E-state index is 0.0651. The Balaban J connectivity index is 2.24. The molecule has 0 aliphatic carbocycles. The van der Waals surface area contributed by atoms with Crippen molar-refractivity contribution in [2.75, 3.05) is 17.2 Å². The van der Waals surface area contributed by atoms with Crippen LogP contribution in [0.5, 0.6) is 0 Å². The van der Waals surface area contributed by atoms with Crippen molar-refractivity contribution >= 4 is 17.5 Å². The molecular formula is C19H28N4. The van der Waals surface area contributed by atoms with Crippen LogP contribution >= 0.6 is 0 Å². The molecule has 0 atom stereocenters. The standard InChI is InChI=1S/C19H28N4/c1-6-7-12-20-17-13-14(2)21-18(23-17)22-16-11-9-8-10-15(16)19(3,4)5/h8-11,13H,6-7,12H2,1-5H3,(H2,20,21,22,23). The van der Waals surface area contributed by atoms with Gasteiger partial charge >= 0.3 is 0 Å². The molecule has 1 heterocycles. The van der Waals surface area contributed by atoms with Gasteiger partial charge in [0.2, 0.25) is 5.95 Å². The smallest absolute Gasteiger partial charge is 0.229 e. The SMILES string of the molecule is CCCCNc1cc(C)nc(Nc2ccccc2C(C)(C)C)n1. The molecule has 2 rings (SSSR count). The summed E-state index contributed by atoms with van der Waals surface area (Å²) in [5.41, 5.74) is 3.33. The lowest BCUT2D eigenvalue weighted by Gasteiger charge is -2.23. The van der Waals surface area contributed by atoms with E-state index in [9.17, 15) is 0 Å². The molecule has 1 aromatic carbocycles. The van der Waals surface area contributed by atoms with E-state index in [-0.39, 0.29) is 5.41 Å². The Hall–Kier alpha value is -2.10. The van der Waals surface area contributed by atoms with Gasteiger partial charge in [-0.3, -0.25) is 0 Å². The zero-order valence-corrected chi connectivity index (χ0v) is 14.9. The van der Waals surface area contributed by atoms with Gasteiger partial charge in [0.1, 0.15) is 5.82 Å². The molecule has 0 amide bonds. The van der Waals surface area contributed by atoms with Crippen LogP contribution in [0, 0.1) is 6.92 Å². The highest BCUT2D eigenvalue weighted by atomic mass is 15.1. The minimum Gasteiger partial charge on any atom is -0.370 e. The fourth-order valence-corrected chi connectivity index (χ4v) is 2.47.